The van der Waals surface area contributed by atoms with Gasteiger partial charge in [-0.25, -0.2) is 4.98 Å². The minimum atomic E-state index is 0.628. The molecule has 0 saturated heterocycles. The summed E-state index contributed by atoms with van der Waals surface area (Å²) in [6.07, 6.45) is 0. The number of rotatable bonds is 6. The van der Waals surface area contributed by atoms with Crippen LogP contribution in [-0.4, -0.2) is 4.98 Å². The fraction of sp³-hybridized carbons (Fsp3) is 0. The number of thiophene rings is 1. The van der Waals surface area contributed by atoms with Gasteiger partial charge in [0.25, 0.3) is 0 Å². The smallest absolute Gasteiger partial charge is 0.227 e. The lowest BCUT2D eigenvalue weighted by Gasteiger charge is -2.26. The van der Waals surface area contributed by atoms with E-state index in [0.29, 0.717) is 5.89 Å². The van der Waals surface area contributed by atoms with Crippen LogP contribution in [0.15, 0.2) is 191 Å². The van der Waals surface area contributed by atoms with Crippen molar-refractivity contribution in [3.63, 3.8) is 0 Å². The van der Waals surface area contributed by atoms with Crippen LogP contribution in [0.25, 0.3) is 86.9 Å². The molecule has 0 aliphatic heterocycles. The summed E-state index contributed by atoms with van der Waals surface area (Å²) < 4.78 is 15.6. The molecule has 254 valence electrons. The molecule has 0 bridgehead atoms. The van der Waals surface area contributed by atoms with E-state index in [4.69, 9.17) is 13.8 Å². The van der Waals surface area contributed by atoms with Crippen molar-refractivity contribution in [2.45, 2.75) is 0 Å². The van der Waals surface area contributed by atoms with Gasteiger partial charge in [0.05, 0.1) is 5.69 Å². The molecule has 54 heavy (non-hydrogen) atoms. The summed E-state index contributed by atoms with van der Waals surface area (Å²) in [5, 5.41) is 4.48. The van der Waals surface area contributed by atoms with Crippen LogP contribution in [0, 0.1) is 0 Å². The van der Waals surface area contributed by atoms with Crippen LogP contribution in [0.5, 0.6) is 0 Å². The van der Waals surface area contributed by atoms with E-state index in [1.54, 1.807) is 11.3 Å². The highest BCUT2D eigenvalue weighted by molar-refractivity contribution is 7.26. The van der Waals surface area contributed by atoms with Gasteiger partial charge in [-0.3, -0.25) is 0 Å². The average Bonchev–Trinajstić information content (AvgIpc) is 3.96. The fourth-order valence-electron chi connectivity index (χ4n) is 7.77. The van der Waals surface area contributed by atoms with Crippen molar-refractivity contribution in [1.82, 2.24) is 4.98 Å². The number of fused-ring (bicyclic) bond motifs is 8. The van der Waals surface area contributed by atoms with Gasteiger partial charge in [-0.1, -0.05) is 121 Å². The van der Waals surface area contributed by atoms with Gasteiger partial charge >= 0.3 is 0 Å². The number of benzene rings is 8. The number of hydrogen-bond donors (Lipinski definition) is 0. The minimum Gasteiger partial charge on any atom is -0.454 e. The van der Waals surface area contributed by atoms with Crippen LogP contribution in [0.3, 0.4) is 0 Å². The van der Waals surface area contributed by atoms with E-state index in [0.717, 1.165) is 77.7 Å². The van der Waals surface area contributed by atoms with Crippen molar-refractivity contribution < 1.29 is 8.83 Å². The van der Waals surface area contributed by atoms with Gasteiger partial charge in [0, 0.05) is 53.4 Å². The molecular formula is C49H30N2O2S. The molecule has 0 fully saturated rings. The summed E-state index contributed by atoms with van der Waals surface area (Å²) in [5.74, 6) is 0.628. The number of hydrogen-bond acceptors (Lipinski definition) is 5. The number of aromatic nitrogens is 1. The third-order valence-corrected chi connectivity index (χ3v) is 11.5. The zero-order valence-corrected chi connectivity index (χ0v) is 29.8. The Balaban J connectivity index is 1.10. The molecule has 0 spiro atoms. The van der Waals surface area contributed by atoms with E-state index in [-0.39, 0.29) is 0 Å². The minimum absolute atomic E-state index is 0.628. The van der Waals surface area contributed by atoms with Gasteiger partial charge in [0.1, 0.15) is 11.1 Å². The first-order chi connectivity index (χ1) is 26.8. The Morgan fingerprint density at radius 1 is 0.463 bits per heavy atom. The van der Waals surface area contributed by atoms with Crippen molar-refractivity contribution in [2.75, 3.05) is 4.90 Å². The molecule has 11 aromatic rings. The topological polar surface area (TPSA) is 42.4 Å². The lowest BCUT2D eigenvalue weighted by atomic mass is 10.0. The van der Waals surface area contributed by atoms with E-state index < -0.39 is 0 Å². The van der Waals surface area contributed by atoms with Crippen LogP contribution in [-0.2, 0) is 0 Å². The quantitative estimate of drug-likeness (QED) is 0.172. The second-order valence-corrected chi connectivity index (χ2v) is 14.6. The Labute approximate surface area is 314 Å². The van der Waals surface area contributed by atoms with E-state index >= 15 is 0 Å². The van der Waals surface area contributed by atoms with Crippen LogP contribution < -0.4 is 4.90 Å². The summed E-state index contributed by atoms with van der Waals surface area (Å²) in [4.78, 5) is 7.34. The third kappa shape index (κ3) is 4.94. The molecule has 0 saturated carbocycles. The van der Waals surface area contributed by atoms with Crippen molar-refractivity contribution in [3.8, 4) is 33.7 Å². The van der Waals surface area contributed by atoms with Gasteiger partial charge in [-0.05, 0) is 77.4 Å². The fourth-order valence-corrected chi connectivity index (χ4v) is 9.01. The number of furan rings is 1. The molecule has 3 aromatic heterocycles. The molecule has 3 heterocycles. The summed E-state index contributed by atoms with van der Waals surface area (Å²) in [6, 6.07) is 63.7. The standard InChI is InChI=1S/C49H30N2O2S/c1-3-13-31(14-4-1)34-17-11-18-36(29-34)51(42-22-12-21-38-37-19-7-9-23-43(37)52-46(38)42)35-27-25-32(26-28-35)40-30-41-47(53-49(50-41)33-15-5-2-6-16-33)45-39-20-8-10-24-44(39)54-48(40)45/h1-30H. The summed E-state index contributed by atoms with van der Waals surface area (Å²) in [6.45, 7) is 0. The molecule has 0 amide bonds. The van der Waals surface area contributed by atoms with E-state index in [1.165, 1.54) is 20.3 Å². The molecule has 0 aliphatic carbocycles. The molecule has 0 atom stereocenters. The Bertz CT molecular complexity index is 3160. The maximum Gasteiger partial charge on any atom is 0.227 e. The molecule has 0 unspecified atom stereocenters. The SMILES string of the molecule is c1ccc(-c2cccc(N(c3ccc(-c4cc5nc(-c6ccccc6)oc5c5c4sc4ccccc45)cc3)c3cccc4c3oc3ccccc34)c2)cc1. The number of nitrogens with zero attached hydrogens (tertiary/aromatic N) is 2. The summed E-state index contributed by atoms with van der Waals surface area (Å²) >= 11 is 1.80. The van der Waals surface area contributed by atoms with Crippen molar-refractivity contribution in [1.29, 1.82) is 0 Å². The zero-order valence-electron chi connectivity index (χ0n) is 28.9. The van der Waals surface area contributed by atoms with E-state index in [9.17, 15) is 0 Å². The highest BCUT2D eigenvalue weighted by Crippen LogP contribution is 2.47. The molecule has 0 N–H and O–H groups in total. The van der Waals surface area contributed by atoms with Crippen molar-refractivity contribution in [2.24, 2.45) is 0 Å². The largest absolute Gasteiger partial charge is 0.454 e. The van der Waals surface area contributed by atoms with Crippen LogP contribution >= 0.6 is 11.3 Å². The molecule has 4 nitrogen and oxygen atoms in total. The third-order valence-electron chi connectivity index (χ3n) is 10.3. The predicted octanol–water partition coefficient (Wildman–Crippen LogP) is 14.6. The lowest BCUT2D eigenvalue weighted by molar-refractivity contribution is 0.623. The molecule has 11 rings (SSSR count). The second kappa shape index (κ2) is 12.3. The lowest BCUT2D eigenvalue weighted by Crippen LogP contribution is -2.10. The molecule has 0 aliphatic rings. The average molecular weight is 711 g/mol. The first-order valence-corrected chi connectivity index (χ1v) is 18.8. The van der Waals surface area contributed by atoms with Crippen LogP contribution in [0.2, 0.25) is 0 Å². The van der Waals surface area contributed by atoms with Crippen LogP contribution in [0.4, 0.5) is 17.1 Å². The summed E-state index contributed by atoms with van der Waals surface area (Å²) in [7, 11) is 0. The number of para-hydroxylation sites is 2. The van der Waals surface area contributed by atoms with Gasteiger partial charge in [-0.2, -0.15) is 0 Å². The van der Waals surface area contributed by atoms with Crippen molar-refractivity contribution >= 4 is 81.6 Å². The van der Waals surface area contributed by atoms with Gasteiger partial charge < -0.3 is 13.7 Å². The normalized spacial score (nSPS) is 11.7. The molecular weight excluding hydrogens is 681 g/mol. The Kier molecular flexibility index (Phi) is 7.00. The highest BCUT2D eigenvalue weighted by atomic mass is 32.1. The first kappa shape index (κ1) is 30.7. The van der Waals surface area contributed by atoms with E-state index in [1.807, 2.05) is 42.5 Å². The number of anilines is 3. The maximum absolute atomic E-state index is 6.61. The maximum atomic E-state index is 6.61. The molecule has 5 heteroatoms. The highest BCUT2D eigenvalue weighted by Gasteiger charge is 2.22. The Hall–Kier alpha value is -6.95. The monoisotopic (exact) mass is 710 g/mol. The first-order valence-electron chi connectivity index (χ1n) is 18.0. The molecule has 8 aromatic carbocycles. The van der Waals surface area contributed by atoms with E-state index in [2.05, 4.69) is 144 Å². The zero-order chi connectivity index (χ0) is 35.6. The van der Waals surface area contributed by atoms with Gasteiger partial charge in [-0.15, -0.1) is 11.3 Å². The summed E-state index contributed by atoms with van der Waals surface area (Å²) in [5.41, 5.74) is 12.0. The Morgan fingerprint density at radius 3 is 1.98 bits per heavy atom. The van der Waals surface area contributed by atoms with Crippen molar-refractivity contribution in [3.05, 3.63) is 182 Å². The molecule has 0 radical (unpaired) electrons. The number of oxazole rings is 1. The Morgan fingerprint density at radius 2 is 1.15 bits per heavy atom. The predicted molar refractivity (Wildman–Crippen MR) is 225 cm³/mol. The second-order valence-electron chi connectivity index (χ2n) is 13.5. The van der Waals surface area contributed by atoms with Crippen LogP contribution in [0.1, 0.15) is 0 Å². The van der Waals surface area contributed by atoms with Gasteiger partial charge in [0.15, 0.2) is 11.2 Å². The van der Waals surface area contributed by atoms with Gasteiger partial charge in [0.2, 0.25) is 5.89 Å².